The summed E-state index contributed by atoms with van der Waals surface area (Å²) in [5.74, 6) is -0.644. The van der Waals surface area contributed by atoms with E-state index in [0.717, 1.165) is 0 Å². The Morgan fingerprint density at radius 2 is 1.56 bits per heavy atom. The monoisotopic (exact) mass is 234 g/mol. The van der Waals surface area contributed by atoms with E-state index < -0.39 is 24.5 Å². The average Bonchev–Trinajstić information content (AvgIpc) is 2.14. The lowest BCUT2D eigenvalue weighted by molar-refractivity contribution is -0.158. The Morgan fingerprint density at radius 3 is 2.00 bits per heavy atom. The van der Waals surface area contributed by atoms with Gasteiger partial charge in [-0.25, -0.2) is 9.59 Å². The summed E-state index contributed by atoms with van der Waals surface area (Å²) < 4.78 is 18.9. The van der Waals surface area contributed by atoms with Crippen LogP contribution in [0.25, 0.3) is 0 Å². The van der Waals surface area contributed by atoms with Crippen LogP contribution in [0.15, 0.2) is 0 Å². The minimum atomic E-state index is -0.997. The summed E-state index contributed by atoms with van der Waals surface area (Å²) in [6, 6.07) is 0. The van der Waals surface area contributed by atoms with Crippen LogP contribution in [-0.2, 0) is 23.7 Å². The van der Waals surface area contributed by atoms with Gasteiger partial charge in [-0.15, -0.1) is 0 Å². The predicted molar refractivity (Wildman–Crippen MR) is 54.7 cm³/mol. The summed E-state index contributed by atoms with van der Waals surface area (Å²) in [6.45, 7) is 6.57. The van der Waals surface area contributed by atoms with Crippen molar-refractivity contribution in [3.05, 3.63) is 0 Å². The second-order valence-corrected chi connectivity index (χ2v) is 3.40. The van der Waals surface area contributed by atoms with Gasteiger partial charge < -0.3 is 18.9 Å². The first kappa shape index (κ1) is 14.7. The highest BCUT2D eigenvalue weighted by Crippen LogP contribution is 2.03. The predicted octanol–water partition coefficient (Wildman–Crippen LogP) is 1.47. The van der Waals surface area contributed by atoms with Crippen molar-refractivity contribution in [3.63, 3.8) is 0 Å². The SMILES string of the molecule is COC(=O)C(C)OC(=O)OC(C)OC(C)C. The van der Waals surface area contributed by atoms with Gasteiger partial charge in [-0.3, -0.25) is 0 Å². The Morgan fingerprint density at radius 1 is 1.00 bits per heavy atom. The fraction of sp³-hybridized carbons (Fsp3) is 0.800. The third-order valence-electron chi connectivity index (χ3n) is 1.53. The molecule has 94 valence electrons. The van der Waals surface area contributed by atoms with E-state index in [9.17, 15) is 9.59 Å². The molecule has 2 atom stereocenters. The van der Waals surface area contributed by atoms with Gasteiger partial charge in [-0.05, 0) is 27.7 Å². The molecule has 2 unspecified atom stereocenters. The van der Waals surface area contributed by atoms with E-state index in [1.807, 2.05) is 13.8 Å². The Bertz CT molecular complexity index is 237. The second-order valence-electron chi connectivity index (χ2n) is 3.40. The molecule has 0 aliphatic carbocycles. The number of hydrogen-bond acceptors (Lipinski definition) is 6. The Labute approximate surface area is 94.8 Å². The Kier molecular flexibility index (Phi) is 6.48. The second kappa shape index (κ2) is 7.05. The smallest absolute Gasteiger partial charge is 0.466 e. The molecule has 0 radical (unpaired) electrons. The third kappa shape index (κ3) is 6.23. The number of carbonyl (C=O) groups is 2. The van der Waals surface area contributed by atoms with E-state index in [-0.39, 0.29) is 6.10 Å². The summed E-state index contributed by atoms with van der Waals surface area (Å²) in [4.78, 5) is 22.1. The van der Waals surface area contributed by atoms with Crippen molar-refractivity contribution in [3.8, 4) is 0 Å². The minimum absolute atomic E-state index is 0.0687. The van der Waals surface area contributed by atoms with Gasteiger partial charge in [0.15, 0.2) is 6.10 Å². The van der Waals surface area contributed by atoms with Crippen molar-refractivity contribution in [1.82, 2.24) is 0 Å². The summed E-state index contributed by atoms with van der Waals surface area (Å²) in [5.41, 5.74) is 0. The fourth-order valence-electron chi connectivity index (χ4n) is 0.933. The molecule has 0 spiro atoms. The number of esters is 1. The van der Waals surface area contributed by atoms with Gasteiger partial charge in [0.1, 0.15) is 0 Å². The molecule has 0 bridgehead atoms. The highest BCUT2D eigenvalue weighted by molar-refractivity contribution is 5.76. The largest absolute Gasteiger partial charge is 0.511 e. The molecule has 0 rings (SSSR count). The quantitative estimate of drug-likeness (QED) is 0.530. The number of hydrogen-bond donors (Lipinski definition) is 0. The van der Waals surface area contributed by atoms with E-state index in [0.29, 0.717) is 0 Å². The number of carbonyl (C=O) groups excluding carboxylic acids is 2. The Balaban J connectivity index is 3.94. The summed E-state index contributed by atoms with van der Waals surface area (Å²) >= 11 is 0. The zero-order valence-electron chi connectivity index (χ0n) is 10.2. The van der Waals surface area contributed by atoms with Crippen molar-refractivity contribution in [2.45, 2.75) is 46.2 Å². The van der Waals surface area contributed by atoms with Crippen LogP contribution in [0.3, 0.4) is 0 Å². The lowest BCUT2D eigenvalue weighted by Gasteiger charge is -2.17. The zero-order chi connectivity index (χ0) is 12.7. The molecule has 6 nitrogen and oxygen atoms in total. The van der Waals surface area contributed by atoms with E-state index in [1.165, 1.54) is 14.0 Å². The molecule has 0 saturated carbocycles. The molecule has 0 fully saturated rings. The van der Waals surface area contributed by atoms with E-state index >= 15 is 0 Å². The first-order valence-corrected chi connectivity index (χ1v) is 4.97. The molecule has 0 aromatic rings. The zero-order valence-corrected chi connectivity index (χ0v) is 10.2. The van der Waals surface area contributed by atoms with Crippen molar-refractivity contribution in [2.75, 3.05) is 7.11 Å². The summed E-state index contributed by atoms with van der Waals surface area (Å²) in [5, 5.41) is 0. The molecule has 0 saturated heterocycles. The molecule has 0 aromatic carbocycles. The topological polar surface area (TPSA) is 71.1 Å². The number of rotatable bonds is 5. The molecular weight excluding hydrogens is 216 g/mol. The van der Waals surface area contributed by atoms with Crippen molar-refractivity contribution in [2.24, 2.45) is 0 Å². The van der Waals surface area contributed by atoms with Gasteiger partial charge in [0, 0.05) is 0 Å². The third-order valence-corrected chi connectivity index (χ3v) is 1.53. The molecule has 0 heterocycles. The van der Waals surface area contributed by atoms with Gasteiger partial charge in [0.05, 0.1) is 13.2 Å². The molecule has 16 heavy (non-hydrogen) atoms. The van der Waals surface area contributed by atoms with Crippen LogP contribution in [0.4, 0.5) is 4.79 Å². The first-order valence-electron chi connectivity index (χ1n) is 4.97. The van der Waals surface area contributed by atoms with Crippen molar-refractivity contribution in [1.29, 1.82) is 0 Å². The van der Waals surface area contributed by atoms with E-state index in [2.05, 4.69) is 9.47 Å². The maximum absolute atomic E-state index is 11.1. The highest BCUT2D eigenvalue weighted by Gasteiger charge is 2.21. The lowest BCUT2D eigenvalue weighted by atomic mass is 10.4. The highest BCUT2D eigenvalue weighted by atomic mass is 16.8. The molecule has 0 aliphatic heterocycles. The summed E-state index contributed by atoms with van der Waals surface area (Å²) in [6.07, 6.45) is -2.76. The maximum atomic E-state index is 11.1. The van der Waals surface area contributed by atoms with Gasteiger partial charge in [0.25, 0.3) is 0 Å². The Hall–Kier alpha value is -1.30. The number of ether oxygens (including phenoxy) is 4. The number of methoxy groups -OCH3 is 1. The van der Waals surface area contributed by atoms with E-state index in [4.69, 9.17) is 9.47 Å². The lowest BCUT2D eigenvalue weighted by Crippen LogP contribution is -2.28. The normalized spacial score (nSPS) is 14.1. The molecular formula is C10H18O6. The van der Waals surface area contributed by atoms with Crippen LogP contribution in [0.5, 0.6) is 0 Å². The van der Waals surface area contributed by atoms with Crippen molar-refractivity contribution < 1.29 is 28.5 Å². The molecule has 0 N–H and O–H groups in total. The van der Waals surface area contributed by atoms with Crippen molar-refractivity contribution >= 4 is 12.1 Å². The van der Waals surface area contributed by atoms with Gasteiger partial charge in [0.2, 0.25) is 6.29 Å². The van der Waals surface area contributed by atoms with Crippen LogP contribution in [0.2, 0.25) is 0 Å². The molecule has 6 heteroatoms. The molecule has 0 aromatic heterocycles. The first-order chi connectivity index (χ1) is 7.36. The molecule has 0 aliphatic rings. The molecule has 0 amide bonds. The maximum Gasteiger partial charge on any atom is 0.511 e. The van der Waals surface area contributed by atoms with Crippen LogP contribution in [-0.4, -0.2) is 37.7 Å². The van der Waals surface area contributed by atoms with Crippen LogP contribution >= 0.6 is 0 Å². The standard InChI is InChI=1S/C10H18O6/c1-6(2)14-8(4)16-10(12)15-7(3)9(11)13-5/h6-8H,1-5H3. The van der Waals surface area contributed by atoms with Gasteiger partial charge in [-0.1, -0.05) is 0 Å². The van der Waals surface area contributed by atoms with Crippen LogP contribution in [0, 0.1) is 0 Å². The van der Waals surface area contributed by atoms with Gasteiger partial charge >= 0.3 is 12.1 Å². The fourth-order valence-corrected chi connectivity index (χ4v) is 0.933. The van der Waals surface area contributed by atoms with Crippen LogP contribution in [0.1, 0.15) is 27.7 Å². The average molecular weight is 234 g/mol. The van der Waals surface area contributed by atoms with Crippen LogP contribution < -0.4 is 0 Å². The van der Waals surface area contributed by atoms with Gasteiger partial charge in [-0.2, -0.15) is 0 Å². The van der Waals surface area contributed by atoms with E-state index in [1.54, 1.807) is 6.92 Å². The summed E-state index contributed by atoms with van der Waals surface area (Å²) in [7, 11) is 1.21. The minimum Gasteiger partial charge on any atom is -0.466 e.